The lowest BCUT2D eigenvalue weighted by Gasteiger charge is -2.38. The molecule has 1 aromatic rings. The van der Waals surface area contributed by atoms with Gasteiger partial charge in [-0.3, -0.25) is 9.69 Å². The fraction of sp³-hybridized carbons (Fsp3) is 0.571. The number of nitrogens with one attached hydrogen (secondary N) is 1. The van der Waals surface area contributed by atoms with E-state index in [1.807, 2.05) is 4.90 Å². The largest absolute Gasteiger partial charge is 0.395 e. The summed E-state index contributed by atoms with van der Waals surface area (Å²) < 4.78 is 0. The number of nitriles is 1. The average Bonchev–Trinajstić information content (AvgIpc) is 2.86. The predicted octanol–water partition coefficient (Wildman–Crippen LogP) is 1.65. The summed E-state index contributed by atoms with van der Waals surface area (Å²) in [4.78, 5) is 14.1. The zero-order valence-electron chi connectivity index (χ0n) is 11.5. The van der Waals surface area contributed by atoms with Crippen molar-refractivity contribution >= 4 is 22.2 Å². The van der Waals surface area contributed by atoms with Crippen LogP contribution in [0.5, 0.6) is 0 Å². The fourth-order valence-corrected chi connectivity index (χ4v) is 3.42. The van der Waals surface area contributed by atoms with Crippen LogP contribution in [0.3, 0.4) is 0 Å². The molecule has 0 spiro atoms. The SMILES string of the molecule is CC1CCCN(CC(=O)Nc2sccc2C#N)C1CO. The minimum atomic E-state index is -0.128. The third kappa shape index (κ3) is 3.37. The van der Waals surface area contributed by atoms with Crippen molar-refractivity contribution in [3.63, 3.8) is 0 Å². The van der Waals surface area contributed by atoms with Crippen LogP contribution in [-0.4, -0.2) is 41.7 Å². The number of piperidine rings is 1. The van der Waals surface area contributed by atoms with Gasteiger partial charge in [-0.25, -0.2) is 0 Å². The molecule has 1 saturated heterocycles. The Morgan fingerprint density at radius 2 is 2.50 bits per heavy atom. The van der Waals surface area contributed by atoms with Gasteiger partial charge in [-0.2, -0.15) is 5.26 Å². The zero-order valence-corrected chi connectivity index (χ0v) is 12.3. The first kappa shape index (κ1) is 15.0. The van der Waals surface area contributed by atoms with Gasteiger partial charge in [0.1, 0.15) is 11.1 Å². The molecule has 2 rings (SSSR count). The summed E-state index contributed by atoms with van der Waals surface area (Å²) in [5, 5.41) is 23.6. The van der Waals surface area contributed by atoms with Gasteiger partial charge in [0.25, 0.3) is 0 Å². The number of hydrogen-bond acceptors (Lipinski definition) is 5. The maximum Gasteiger partial charge on any atom is 0.239 e. The van der Waals surface area contributed by atoms with Gasteiger partial charge >= 0.3 is 0 Å². The Kier molecular flexibility index (Phi) is 5.12. The number of nitrogens with zero attached hydrogens (tertiary/aromatic N) is 2. The highest BCUT2D eigenvalue weighted by molar-refractivity contribution is 7.14. The molecule has 1 amide bonds. The summed E-state index contributed by atoms with van der Waals surface area (Å²) in [5.41, 5.74) is 0.495. The number of carbonyl (C=O) groups is 1. The van der Waals surface area contributed by atoms with Crippen LogP contribution in [0.2, 0.25) is 0 Å². The summed E-state index contributed by atoms with van der Waals surface area (Å²) in [6.45, 7) is 3.28. The molecule has 108 valence electrons. The molecular weight excluding hydrogens is 274 g/mol. The van der Waals surface area contributed by atoms with Gasteiger partial charge < -0.3 is 10.4 Å². The van der Waals surface area contributed by atoms with Crippen molar-refractivity contribution in [2.24, 2.45) is 5.92 Å². The number of aliphatic hydroxyl groups excluding tert-OH is 1. The van der Waals surface area contributed by atoms with E-state index < -0.39 is 0 Å². The van der Waals surface area contributed by atoms with Crippen molar-refractivity contribution in [2.45, 2.75) is 25.8 Å². The van der Waals surface area contributed by atoms with Crippen LogP contribution in [-0.2, 0) is 4.79 Å². The number of aliphatic hydroxyl groups is 1. The van der Waals surface area contributed by atoms with Crippen LogP contribution in [0.15, 0.2) is 11.4 Å². The number of likely N-dealkylation sites (tertiary alicyclic amines) is 1. The highest BCUT2D eigenvalue weighted by Crippen LogP contribution is 2.24. The lowest BCUT2D eigenvalue weighted by Crippen LogP contribution is -2.49. The first-order valence-corrected chi connectivity index (χ1v) is 7.66. The van der Waals surface area contributed by atoms with Crippen molar-refractivity contribution < 1.29 is 9.90 Å². The second kappa shape index (κ2) is 6.84. The Hall–Kier alpha value is -1.42. The number of anilines is 1. The second-order valence-corrected chi connectivity index (χ2v) is 6.08. The van der Waals surface area contributed by atoms with E-state index in [4.69, 9.17) is 5.26 Å². The molecule has 1 fully saturated rings. The van der Waals surface area contributed by atoms with Crippen molar-refractivity contribution in [1.82, 2.24) is 4.90 Å². The standard InChI is InChI=1S/C14H19N3O2S/c1-10-3-2-5-17(12(10)9-18)8-13(19)16-14-11(7-15)4-6-20-14/h4,6,10,12,18H,2-3,5,8-9H2,1H3,(H,16,19). The first-order valence-electron chi connectivity index (χ1n) is 6.78. The van der Waals surface area contributed by atoms with Crippen molar-refractivity contribution in [3.8, 4) is 6.07 Å². The van der Waals surface area contributed by atoms with E-state index in [-0.39, 0.29) is 25.1 Å². The Labute approximate surface area is 122 Å². The summed E-state index contributed by atoms with van der Waals surface area (Å²) in [7, 11) is 0. The Balaban J connectivity index is 1.95. The van der Waals surface area contributed by atoms with E-state index in [9.17, 15) is 9.90 Å². The molecule has 0 bridgehead atoms. The van der Waals surface area contributed by atoms with E-state index in [0.717, 1.165) is 19.4 Å². The molecule has 6 heteroatoms. The van der Waals surface area contributed by atoms with Crippen LogP contribution in [0.1, 0.15) is 25.3 Å². The Morgan fingerprint density at radius 1 is 1.70 bits per heavy atom. The summed E-state index contributed by atoms with van der Waals surface area (Å²) >= 11 is 1.35. The van der Waals surface area contributed by atoms with Gasteiger partial charge in [0.2, 0.25) is 5.91 Å². The van der Waals surface area contributed by atoms with E-state index in [0.29, 0.717) is 16.5 Å². The van der Waals surface area contributed by atoms with Gasteiger partial charge in [0.05, 0.1) is 18.7 Å². The molecule has 20 heavy (non-hydrogen) atoms. The first-order chi connectivity index (χ1) is 9.65. The van der Waals surface area contributed by atoms with Crippen LogP contribution < -0.4 is 5.32 Å². The van der Waals surface area contributed by atoms with Crippen LogP contribution >= 0.6 is 11.3 Å². The minimum absolute atomic E-state index is 0.0493. The average molecular weight is 293 g/mol. The smallest absolute Gasteiger partial charge is 0.239 e. The van der Waals surface area contributed by atoms with Gasteiger partial charge in [0.15, 0.2) is 0 Å². The molecule has 0 saturated carbocycles. The number of hydrogen-bond donors (Lipinski definition) is 2. The Morgan fingerprint density at radius 3 is 3.20 bits per heavy atom. The van der Waals surface area contributed by atoms with Crippen LogP contribution in [0.25, 0.3) is 0 Å². The van der Waals surface area contributed by atoms with Gasteiger partial charge in [0, 0.05) is 6.04 Å². The molecule has 2 unspecified atom stereocenters. The molecule has 0 radical (unpaired) electrons. The second-order valence-electron chi connectivity index (χ2n) is 5.16. The number of carbonyl (C=O) groups excluding carboxylic acids is 1. The van der Waals surface area contributed by atoms with Gasteiger partial charge in [-0.05, 0) is 36.8 Å². The molecule has 2 N–H and O–H groups in total. The Bertz CT molecular complexity index is 509. The fourth-order valence-electron chi connectivity index (χ4n) is 2.67. The minimum Gasteiger partial charge on any atom is -0.395 e. The van der Waals surface area contributed by atoms with Gasteiger partial charge in [-0.1, -0.05) is 6.92 Å². The third-order valence-electron chi connectivity index (χ3n) is 3.80. The summed E-state index contributed by atoms with van der Waals surface area (Å²) in [6, 6.07) is 3.80. The third-order valence-corrected chi connectivity index (χ3v) is 4.63. The summed E-state index contributed by atoms with van der Waals surface area (Å²) in [6.07, 6.45) is 2.14. The quantitative estimate of drug-likeness (QED) is 0.885. The highest BCUT2D eigenvalue weighted by Gasteiger charge is 2.29. The molecule has 0 aliphatic carbocycles. The van der Waals surface area contributed by atoms with Crippen molar-refractivity contribution in [1.29, 1.82) is 5.26 Å². The van der Waals surface area contributed by atoms with E-state index in [2.05, 4.69) is 18.3 Å². The molecule has 5 nitrogen and oxygen atoms in total. The molecular formula is C14H19N3O2S. The zero-order chi connectivity index (χ0) is 14.5. The molecule has 1 aliphatic rings. The molecule has 2 heterocycles. The predicted molar refractivity (Wildman–Crippen MR) is 78.5 cm³/mol. The van der Waals surface area contributed by atoms with Crippen molar-refractivity contribution in [3.05, 3.63) is 17.0 Å². The number of thiophene rings is 1. The van der Waals surface area contributed by atoms with E-state index >= 15 is 0 Å². The number of rotatable bonds is 4. The van der Waals surface area contributed by atoms with E-state index in [1.165, 1.54) is 11.3 Å². The lowest BCUT2D eigenvalue weighted by molar-refractivity contribution is -0.118. The van der Waals surface area contributed by atoms with Crippen LogP contribution in [0.4, 0.5) is 5.00 Å². The molecule has 2 atom stereocenters. The van der Waals surface area contributed by atoms with Crippen molar-refractivity contribution in [2.75, 3.05) is 25.0 Å². The lowest BCUT2D eigenvalue weighted by atomic mass is 9.91. The number of amides is 1. The molecule has 1 aromatic heterocycles. The normalized spacial score (nSPS) is 23.2. The monoisotopic (exact) mass is 293 g/mol. The van der Waals surface area contributed by atoms with Gasteiger partial charge in [-0.15, -0.1) is 11.3 Å². The highest BCUT2D eigenvalue weighted by atomic mass is 32.1. The maximum atomic E-state index is 12.1. The molecule has 1 aliphatic heterocycles. The van der Waals surface area contributed by atoms with Crippen LogP contribution in [0, 0.1) is 17.2 Å². The van der Waals surface area contributed by atoms with E-state index in [1.54, 1.807) is 11.4 Å². The topological polar surface area (TPSA) is 76.4 Å². The summed E-state index contributed by atoms with van der Waals surface area (Å²) in [5.74, 6) is 0.273. The molecule has 0 aromatic carbocycles. The maximum absolute atomic E-state index is 12.1.